The van der Waals surface area contributed by atoms with E-state index in [1.54, 1.807) is 23.8 Å². The van der Waals surface area contributed by atoms with Gasteiger partial charge in [-0.2, -0.15) is 0 Å². The predicted octanol–water partition coefficient (Wildman–Crippen LogP) is 3.47. The fraction of sp³-hybridized carbons (Fsp3) is 0.308. The van der Waals surface area contributed by atoms with Gasteiger partial charge in [0, 0.05) is 44.9 Å². The molecule has 6 heteroatoms. The van der Waals surface area contributed by atoms with Gasteiger partial charge in [0.1, 0.15) is 5.75 Å². The van der Waals surface area contributed by atoms with Crippen molar-refractivity contribution in [3.8, 4) is 5.75 Å². The van der Waals surface area contributed by atoms with Crippen LogP contribution in [0.25, 0.3) is 0 Å². The maximum absolute atomic E-state index is 11.9. The highest BCUT2D eigenvalue weighted by molar-refractivity contribution is 5.80. The van der Waals surface area contributed by atoms with Gasteiger partial charge in [-0.15, -0.1) is 0 Å². The van der Waals surface area contributed by atoms with E-state index in [-0.39, 0.29) is 5.56 Å². The van der Waals surface area contributed by atoms with Crippen LogP contribution >= 0.6 is 0 Å². The molecule has 1 atom stereocenters. The molecule has 1 fully saturated rings. The van der Waals surface area contributed by atoms with Crippen LogP contribution in [0.1, 0.15) is 29.0 Å². The minimum atomic E-state index is 0.0144. The molecule has 3 aromatic rings. The van der Waals surface area contributed by atoms with E-state index in [1.807, 2.05) is 31.4 Å². The molecule has 2 aromatic carbocycles. The van der Waals surface area contributed by atoms with Crippen molar-refractivity contribution in [2.75, 3.05) is 27.2 Å². The topological polar surface area (TPSA) is 58.9 Å². The van der Waals surface area contributed by atoms with Crippen molar-refractivity contribution in [3.05, 3.63) is 100.0 Å². The summed E-state index contributed by atoms with van der Waals surface area (Å²) in [7, 11) is 3.53. The first-order valence-electron chi connectivity index (χ1n) is 11.0. The standard InChI is InChI=1S/C26H30N4O2/c1-27-26(30-16-14-23(19-30)22-10-12-24(32-2)13-11-22)28-17-20-6-8-21(9-7-20)18-29-15-4-3-5-25(29)31/h3-13,15,23H,14,16-19H2,1-2H3,(H,27,28). The van der Waals surface area contributed by atoms with Gasteiger partial charge in [0.25, 0.3) is 5.56 Å². The maximum Gasteiger partial charge on any atom is 0.250 e. The van der Waals surface area contributed by atoms with Crippen LogP contribution in [-0.2, 0) is 13.1 Å². The first kappa shape index (κ1) is 21.7. The number of hydrogen-bond donors (Lipinski definition) is 1. The number of aliphatic imine (C=N–C) groups is 1. The van der Waals surface area contributed by atoms with Crippen molar-refractivity contribution in [2.45, 2.75) is 25.4 Å². The molecule has 0 amide bonds. The van der Waals surface area contributed by atoms with Gasteiger partial charge in [-0.1, -0.05) is 42.5 Å². The van der Waals surface area contributed by atoms with Gasteiger partial charge in [-0.3, -0.25) is 9.79 Å². The summed E-state index contributed by atoms with van der Waals surface area (Å²) < 4.78 is 6.98. The molecule has 0 bridgehead atoms. The highest BCUT2D eigenvalue weighted by Crippen LogP contribution is 2.28. The van der Waals surface area contributed by atoms with Crippen molar-refractivity contribution in [1.82, 2.24) is 14.8 Å². The van der Waals surface area contributed by atoms with Crippen molar-refractivity contribution >= 4 is 5.96 Å². The number of aromatic nitrogens is 1. The molecule has 1 N–H and O–H groups in total. The molecule has 6 nitrogen and oxygen atoms in total. The van der Waals surface area contributed by atoms with E-state index in [0.29, 0.717) is 19.0 Å². The Morgan fingerprint density at radius 2 is 1.81 bits per heavy atom. The summed E-state index contributed by atoms with van der Waals surface area (Å²) in [6.45, 7) is 3.23. The largest absolute Gasteiger partial charge is 0.497 e. The van der Waals surface area contributed by atoms with Crippen LogP contribution in [0.15, 0.2) is 82.7 Å². The number of hydrogen-bond acceptors (Lipinski definition) is 3. The molecule has 166 valence electrons. The Morgan fingerprint density at radius 3 is 2.50 bits per heavy atom. The Kier molecular flexibility index (Phi) is 6.90. The van der Waals surface area contributed by atoms with Gasteiger partial charge < -0.3 is 19.5 Å². The van der Waals surface area contributed by atoms with E-state index in [1.165, 1.54) is 11.1 Å². The second kappa shape index (κ2) is 10.2. The molecule has 2 heterocycles. The summed E-state index contributed by atoms with van der Waals surface area (Å²) in [4.78, 5) is 18.7. The lowest BCUT2D eigenvalue weighted by molar-refractivity contribution is 0.414. The average molecular weight is 431 g/mol. The minimum absolute atomic E-state index is 0.0144. The lowest BCUT2D eigenvalue weighted by Crippen LogP contribution is -2.39. The normalized spacial score (nSPS) is 16.2. The third kappa shape index (κ3) is 5.19. The first-order valence-corrected chi connectivity index (χ1v) is 11.0. The molecule has 0 aliphatic carbocycles. The third-order valence-corrected chi connectivity index (χ3v) is 6.01. The van der Waals surface area contributed by atoms with Crippen LogP contribution in [0.2, 0.25) is 0 Å². The van der Waals surface area contributed by atoms with E-state index in [9.17, 15) is 4.79 Å². The number of methoxy groups -OCH3 is 1. The number of pyridine rings is 1. The van der Waals surface area contributed by atoms with Crippen molar-refractivity contribution in [2.24, 2.45) is 4.99 Å². The Hall–Kier alpha value is -3.54. The van der Waals surface area contributed by atoms with Crippen LogP contribution in [0.5, 0.6) is 5.75 Å². The fourth-order valence-corrected chi connectivity index (χ4v) is 4.16. The van der Waals surface area contributed by atoms with E-state index < -0.39 is 0 Å². The molecule has 4 rings (SSSR count). The molecule has 0 radical (unpaired) electrons. The van der Waals surface area contributed by atoms with E-state index >= 15 is 0 Å². The van der Waals surface area contributed by atoms with Gasteiger partial charge in [-0.25, -0.2) is 0 Å². The van der Waals surface area contributed by atoms with Crippen molar-refractivity contribution < 1.29 is 4.74 Å². The Morgan fingerprint density at radius 1 is 1.06 bits per heavy atom. The molecule has 1 aliphatic heterocycles. The third-order valence-electron chi connectivity index (χ3n) is 6.01. The first-order chi connectivity index (χ1) is 15.7. The van der Waals surface area contributed by atoms with Crippen LogP contribution in [-0.4, -0.2) is 42.7 Å². The average Bonchev–Trinajstić information content (AvgIpc) is 3.32. The number of rotatable bonds is 6. The van der Waals surface area contributed by atoms with Gasteiger partial charge in [0.15, 0.2) is 5.96 Å². The van der Waals surface area contributed by atoms with Crippen molar-refractivity contribution in [3.63, 3.8) is 0 Å². The second-order valence-corrected chi connectivity index (χ2v) is 8.09. The summed E-state index contributed by atoms with van der Waals surface area (Å²) >= 11 is 0. The summed E-state index contributed by atoms with van der Waals surface area (Å²) in [5, 5.41) is 3.50. The quantitative estimate of drug-likeness (QED) is 0.481. The zero-order valence-electron chi connectivity index (χ0n) is 18.7. The molecule has 0 saturated carbocycles. The molecular weight excluding hydrogens is 400 g/mol. The SMILES string of the molecule is CN=C(NCc1ccc(Cn2ccccc2=O)cc1)N1CCC(c2ccc(OC)cc2)C1. The summed E-state index contributed by atoms with van der Waals surface area (Å²) in [6.07, 6.45) is 2.93. The van der Waals surface area contributed by atoms with Gasteiger partial charge in [0.2, 0.25) is 0 Å². The molecule has 1 unspecified atom stereocenters. The highest BCUT2D eigenvalue weighted by Gasteiger charge is 2.26. The molecular formula is C26H30N4O2. The number of likely N-dealkylation sites (tertiary alicyclic amines) is 1. The number of ether oxygens (including phenoxy) is 1. The van der Waals surface area contributed by atoms with E-state index in [2.05, 4.69) is 51.6 Å². The number of benzene rings is 2. The van der Waals surface area contributed by atoms with Crippen LogP contribution < -0.4 is 15.6 Å². The molecule has 1 aliphatic rings. The summed E-state index contributed by atoms with van der Waals surface area (Å²) in [6, 6.07) is 22.0. The fourth-order valence-electron chi connectivity index (χ4n) is 4.16. The Bertz CT molecular complexity index is 1100. The van der Waals surface area contributed by atoms with Crippen molar-refractivity contribution in [1.29, 1.82) is 0 Å². The smallest absolute Gasteiger partial charge is 0.250 e. The van der Waals surface area contributed by atoms with E-state index in [0.717, 1.165) is 36.8 Å². The number of nitrogens with zero attached hydrogens (tertiary/aromatic N) is 3. The lowest BCUT2D eigenvalue weighted by Gasteiger charge is -2.22. The Balaban J connectivity index is 1.31. The zero-order chi connectivity index (χ0) is 22.3. The molecule has 32 heavy (non-hydrogen) atoms. The molecule has 1 saturated heterocycles. The zero-order valence-corrected chi connectivity index (χ0v) is 18.7. The van der Waals surface area contributed by atoms with Crippen LogP contribution in [0, 0.1) is 0 Å². The Labute approximate surface area is 189 Å². The van der Waals surface area contributed by atoms with Gasteiger partial charge in [0.05, 0.1) is 13.7 Å². The lowest BCUT2D eigenvalue weighted by atomic mass is 9.98. The number of nitrogens with one attached hydrogen (secondary N) is 1. The predicted molar refractivity (Wildman–Crippen MR) is 128 cm³/mol. The van der Waals surface area contributed by atoms with E-state index in [4.69, 9.17) is 4.74 Å². The maximum atomic E-state index is 11.9. The minimum Gasteiger partial charge on any atom is -0.497 e. The number of guanidine groups is 1. The highest BCUT2D eigenvalue weighted by atomic mass is 16.5. The molecule has 1 aromatic heterocycles. The monoisotopic (exact) mass is 430 g/mol. The van der Waals surface area contributed by atoms with Crippen LogP contribution in [0.3, 0.4) is 0 Å². The van der Waals surface area contributed by atoms with Gasteiger partial charge >= 0.3 is 0 Å². The van der Waals surface area contributed by atoms with Crippen LogP contribution in [0.4, 0.5) is 0 Å². The summed E-state index contributed by atoms with van der Waals surface area (Å²) in [5.41, 5.74) is 3.65. The van der Waals surface area contributed by atoms with Gasteiger partial charge in [-0.05, 0) is 41.3 Å². The molecule has 0 spiro atoms. The second-order valence-electron chi connectivity index (χ2n) is 8.09. The summed E-state index contributed by atoms with van der Waals surface area (Å²) in [5.74, 6) is 2.32.